The molecule has 0 aromatic heterocycles. The molecule has 0 bridgehead atoms. The fourth-order valence-electron chi connectivity index (χ4n) is 2.07. The van der Waals surface area contributed by atoms with Crippen molar-refractivity contribution in [2.45, 2.75) is 57.3 Å². The Bertz CT molecular complexity index is 227. The highest BCUT2D eigenvalue weighted by atomic mass is 32.2. The molecule has 1 heterocycles. The summed E-state index contributed by atoms with van der Waals surface area (Å²) in [4.78, 5) is 11.6. The van der Waals surface area contributed by atoms with Gasteiger partial charge in [0.1, 0.15) is 0 Å². The topological polar surface area (TPSA) is 37.3 Å². The number of carbonyl (C=O) groups excluding carboxylic acids is 1. The Morgan fingerprint density at radius 3 is 2.88 bits per heavy atom. The van der Waals surface area contributed by atoms with E-state index in [4.69, 9.17) is 0 Å². The van der Waals surface area contributed by atoms with E-state index in [-0.39, 0.29) is 11.0 Å². The Morgan fingerprint density at radius 2 is 2.29 bits per heavy atom. The lowest BCUT2D eigenvalue weighted by Gasteiger charge is -2.23. The van der Waals surface area contributed by atoms with Gasteiger partial charge in [-0.15, -0.1) is 0 Å². The molecular formula is C13H24O2S2. The van der Waals surface area contributed by atoms with Crippen molar-refractivity contribution < 1.29 is 9.90 Å². The van der Waals surface area contributed by atoms with E-state index in [9.17, 15) is 9.90 Å². The lowest BCUT2D eigenvalue weighted by Crippen LogP contribution is -2.25. The molecule has 17 heavy (non-hydrogen) atoms. The third kappa shape index (κ3) is 5.66. The van der Waals surface area contributed by atoms with Gasteiger partial charge in [0.15, 0.2) is 5.12 Å². The van der Waals surface area contributed by atoms with Crippen molar-refractivity contribution in [3.05, 3.63) is 0 Å². The maximum absolute atomic E-state index is 11.6. The van der Waals surface area contributed by atoms with Gasteiger partial charge in [0.05, 0.1) is 12.0 Å². The molecule has 0 saturated carbocycles. The highest BCUT2D eigenvalue weighted by molar-refractivity contribution is 8.13. The SMILES string of the molecule is CCSC(=O)[C@@H](C)[C@H](O)CCC1CCCCS1. The maximum atomic E-state index is 11.6. The van der Waals surface area contributed by atoms with Crippen LogP contribution < -0.4 is 0 Å². The monoisotopic (exact) mass is 276 g/mol. The Morgan fingerprint density at radius 1 is 1.53 bits per heavy atom. The van der Waals surface area contributed by atoms with Crippen molar-refractivity contribution in [2.75, 3.05) is 11.5 Å². The Balaban J connectivity index is 2.22. The van der Waals surface area contributed by atoms with E-state index in [2.05, 4.69) is 0 Å². The normalized spacial score (nSPS) is 24.3. The average Bonchev–Trinajstić information content (AvgIpc) is 2.36. The van der Waals surface area contributed by atoms with E-state index in [1.807, 2.05) is 25.6 Å². The van der Waals surface area contributed by atoms with Crippen molar-refractivity contribution in [3.8, 4) is 0 Å². The van der Waals surface area contributed by atoms with Crippen molar-refractivity contribution >= 4 is 28.6 Å². The summed E-state index contributed by atoms with van der Waals surface area (Å²) in [5.41, 5.74) is 0. The number of hydrogen-bond donors (Lipinski definition) is 1. The maximum Gasteiger partial charge on any atom is 0.194 e. The van der Waals surface area contributed by atoms with Gasteiger partial charge in [0, 0.05) is 5.25 Å². The van der Waals surface area contributed by atoms with E-state index in [1.165, 1.54) is 36.8 Å². The molecule has 1 N–H and O–H groups in total. The van der Waals surface area contributed by atoms with Crippen molar-refractivity contribution in [2.24, 2.45) is 5.92 Å². The molecule has 1 unspecified atom stereocenters. The summed E-state index contributed by atoms with van der Waals surface area (Å²) in [5, 5.41) is 10.8. The first-order valence-corrected chi connectivity index (χ1v) is 8.65. The van der Waals surface area contributed by atoms with Crippen LogP contribution in [0.5, 0.6) is 0 Å². The Labute approximate surface area is 113 Å². The lowest BCUT2D eigenvalue weighted by molar-refractivity contribution is -0.117. The van der Waals surface area contributed by atoms with Gasteiger partial charge in [0.25, 0.3) is 0 Å². The summed E-state index contributed by atoms with van der Waals surface area (Å²) in [6.45, 7) is 3.82. The molecule has 3 atom stereocenters. The molecule has 0 aromatic carbocycles. The number of rotatable bonds is 6. The molecule has 0 aromatic rings. The summed E-state index contributed by atoms with van der Waals surface area (Å²) in [7, 11) is 0. The lowest BCUT2D eigenvalue weighted by atomic mass is 9.99. The smallest absolute Gasteiger partial charge is 0.194 e. The van der Waals surface area contributed by atoms with Gasteiger partial charge in [-0.2, -0.15) is 11.8 Å². The van der Waals surface area contributed by atoms with E-state index in [0.717, 1.165) is 18.6 Å². The van der Waals surface area contributed by atoms with Gasteiger partial charge in [-0.05, 0) is 37.2 Å². The van der Waals surface area contributed by atoms with E-state index < -0.39 is 6.10 Å². The fraction of sp³-hybridized carbons (Fsp3) is 0.923. The van der Waals surface area contributed by atoms with Gasteiger partial charge in [-0.1, -0.05) is 32.0 Å². The minimum Gasteiger partial charge on any atom is -0.392 e. The van der Waals surface area contributed by atoms with Crippen LogP contribution in [0.3, 0.4) is 0 Å². The molecule has 0 amide bonds. The molecule has 0 aliphatic carbocycles. The molecule has 2 nitrogen and oxygen atoms in total. The summed E-state index contributed by atoms with van der Waals surface area (Å²) >= 11 is 3.36. The van der Waals surface area contributed by atoms with E-state index in [0.29, 0.717) is 5.25 Å². The summed E-state index contributed by atoms with van der Waals surface area (Å²) in [5.74, 6) is 1.85. The quantitative estimate of drug-likeness (QED) is 0.807. The predicted molar refractivity (Wildman–Crippen MR) is 77.6 cm³/mol. The number of carbonyl (C=O) groups is 1. The zero-order valence-electron chi connectivity index (χ0n) is 10.9. The molecule has 100 valence electrons. The van der Waals surface area contributed by atoms with Crippen LogP contribution in [0, 0.1) is 5.92 Å². The van der Waals surface area contributed by atoms with Crippen LogP contribution >= 0.6 is 23.5 Å². The highest BCUT2D eigenvalue weighted by Gasteiger charge is 2.23. The van der Waals surface area contributed by atoms with E-state index in [1.54, 1.807) is 0 Å². The van der Waals surface area contributed by atoms with Crippen LogP contribution in [0.2, 0.25) is 0 Å². The van der Waals surface area contributed by atoms with E-state index >= 15 is 0 Å². The Hall–Kier alpha value is 0.330. The van der Waals surface area contributed by atoms with Crippen molar-refractivity contribution in [1.29, 1.82) is 0 Å². The number of aliphatic hydroxyl groups is 1. The molecular weight excluding hydrogens is 252 g/mol. The molecule has 1 aliphatic rings. The summed E-state index contributed by atoms with van der Waals surface area (Å²) < 4.78 is 0. The minimum atomic E-state index is -0.455. The minimum absolute atomic E-state index is 0.135. The van der Waals surface area contributed by atoms with Gasteiger partial charge in [0.2, 0.25) is 0 Å². The molecule has 1 fully saturated rings. The second kappa shape index (κ2) is 8.44. The third-order valence-corrected chi connectivity index (χ3v) is 5.71. The van der Waals surface area contributed by atoms with Crippen molar-refractivity contribution in [1.82, 2.24) is 0 Å². The highest BCUT2D eigenvalue weighted by Crippen LogP contribution is 2.29. The zero-order chi connectivity index (χ0) is 12.7. The molecule has 0 spiro atoms. The standard InChI is InChI=1S/C13H24O2S2/c1-3-16-13(15)10(2)12(14)8-7-11-6-4-5-9-17-11/h10-12,14H,3-9H2,1-2H3/t10-,11?,12+/m0/s1. The van der Waals surface area contributed by atoms with Gasteiger partial charge < -0.3 is 5.11 Å². The number of aliphatic hydroxyl groups excluding tert-OH is 1. The zero-order valence-corrected chi connectivity index (χ0v) is 12.5. The summed E-state index contributed by atoms with van der Waals surface area (Å²) in [6, 6.07) is 0. The van der Waals surface area contributed by atoms with Crippen LogP contribution in [0.25, 0.3) is 0 Å². The predicted octanol–water partition coefficient (Wildman–Crippen LogP) is 3.33. The van der Waals surface area contributed by atoms with Crippen LogP contribution in [0.1, 0.15) is 46.0 Å². The second-order valence-electron chi connectivity index (χ2n) is 4.67. The molecule has 4 heteroatoms. The van der Waals surface area contributed by atoms with Crippen LogP contribution in [0.4, 0.5) is 0 Å². The first-order valence-electron chi connectivity index (χ1n) is 6.61. The van der Waals surface area contributed by atoms with Crippen LogP contribution in [-0.2, 0) is 4.79 Å². The number of hydrogen-bond acceptors (Lipinski definition) is 4. The fourth-order valence-corrected chi connectivity index (χ4v) is 4.12. The second-order valence-corrected chi connectivity index (χ2v) is 7.35. The third-order valence-electron chi connectivity index (χ3n) is 3.29. The molecule has 0 radical (unpaired) electrons. The van der Waals surface area contributed by atoms with Crippen LogP contribution in [-0.4, -0.2) is 33.1 Å². The van der Waals surface area contributed by atoms with Gasteiger partial charge >= 0.3 is 0 Å². The van der Waals surface area contributed by atoms with Gasteiger partial charge in [-0.3, -0.25) is 4.79 Å². The largest absolute Gasteiger partial charge is 0.392 e. The van der Waals surface area contributed by atoms with Gasteiger partial charge in [-0.25, -0.2) is 0 Å². The first kappa shape index (κ1) is 15.4. The molecule has 1 rings (SSSR count). The van der Waals surface area contributed by atoms with Crippen LogP contribution in [0.15, 0.2) is 0 Å². The first-order chi connectivity index (χ1) is 8.15. The van der Waals surface area contributed by atoms with Crippen molar-refractivity contribution in [3.63, 3.8) is 0 Å². The Kier molecular flexibility index (Phi) is 7.64. The summed E-state index contributed by atoms with van der Waals surface area (Å²) in [6.07, 6.45) is 5.32. The number of thioether (sulfide) groups is 2. The molecule has 1 aliphatic heterocycles. The average molecular weight is 276 g/mol. The molecule has 1 saturated heterocycles.